The van der Waals surface area contributed by atoms with Gasteiger partial charge in [0.15, 0.2) is 0 Å². The van der Waals surface area contributed by atoms with Crippen LogP contribution in [0, 0.1) is 11.3 Å². The summed E-state index contributed by atoms with van der Waals surface area (Å²) in [5.41, 5.74) is 1.20. The highest BCUT2D eigenvalue weighted by Gasteiger charge is 2.65. The summed E-state index contributed by atoms with van der Waals surface area (Å²) in [7, 11) is 0. The maximum Gasteiger partial charge on any atom is 0.142 e. The van der Waals surface area contributed by atoms with Crippen LogP contribution in [-0.2, 0) is 11.2 Å². The van der Waals surface area contributed by atoms with Crippen molar-refractivity contribution in [1.82, 2.24) is 0 Å². The van der Waals surface area contributed by atoms with Gasteiger partial charge in [-0.2, -0.15) is 0 Å². The SMILES string of the molecule is CCCC12CCC3c4ccc(O)cc4CCC3C1(O)CCC2=O. The number of hydrogen-bond donors (Lipinski definition) is 2. The first kappa shape index (κ1) is 15.2. The van der Waals surface area contributed by atoms with Crippen molar-refractivity contribution in [2.75, 3.05) is 0 Å². The molecule has 4 rings (SSSR count). The molecule has 1 aromatic carbocycles. The van der Waals surface area contributed by atoms with Gasteiger partial charge in [-0.25, -0.2) is 0 Å². The Morgan fingerprint density at radius 3 is 2.83 bits per heavy atom. The Labute approximate surface area is 137 Å². The van der Waals surface area contributed by atoms with E-state index in [4.69, 9.17) is 0 Å². The number of carbonyl (C=O) groups is 1. The molecule has 0 aliphatic heterocycles. The van der Waals surface area contributed by atoms with Crippen LogP contribution >= 0.6 is 0 Å². The summed E-state index contributed by atoms with van der Waals surface area (Å²) in [4.78, 5) is 12.7. The molecule has 0 radical (unpaired) electrons. The van der Waals surface area contributed by atoms with E-state index in [1.165, 1.54) is 11.1 Å². The Balaban J connectivity index is 1.77. The second kappa shape index (κ2) is 5.07. The Morgan fingerprint density at radius 2 is 2.04 bits per heavy atom. The van der Waals surface area contributed by atoms with Crippen LogP contribution in [0.3, 0.4) is 0 Å². The molecule has 3 heteroatoms. The third-order valence-corrected chi connectivity index (χ3v) is 7.00. The van der Waals surface area contributed by atoms with E-state index in [0.717, 1.165) is 38.5 Å². The van der Waals surface area contributed by atoms with E-state index >= 15 is 0 Å². The van der Waals surface area contributed by atoms with Crippen LogP contribution in [0.25, 0.3) is 0 Å². The van der Waals surface area contributed by atoms with Crippen molar-refractivity contribution in [3.05, 3.63) is 29.3 Å². The fourth-order valence-electron chi connectivity index (χ4n) is 6.06. The molecule has 3 aliphatic carbocycles. The van der Waals surface area contributed by atoms with Crippen molar-refractivity contribution in [1.29, 1.82) is 0 Å². The highest BCUT2D eigenvalue weighted by molar-refractivity contribution is 5.89. The number of hydrogen-bond acceptors (Lipinski definition) is 3. The smallest absolute Gasteiger partial charge is 0.142 e. The number of ketones is 1. The molecule has 2 saturated carbocycles. The first-order valence-electron chi connectivity index (χ1n) is 9.09. The Hall–Kier alpha value is -1.35. The van der Waals surface area contributed by atoms with Crippen LogP contribution in [0.15, 0.2) is 18.2 Å². The zero-order chi connectivity index (χ0) is 16.2. The highest BCUT2D eigenvalue weighted by Crippen LogP contribution is 2.63. The number of rotatable bonds is 2. The zero-order valence-corrected chi connectivity index (χ0v) is 13.8. The minimum Gasteiger partial charge on any atom is -0.508 e. The van der Waals surface area contributed by atoms with Gasteiger partial charge >= 0.3 is 0 Å². The van der Waals surface area contributed by atoms with Crippen LogP contribution in [0.1, 0.15) is 68.9 Å². The van der Waals surface area contributed by atoms with E-state index in [1.807, 2.05) is 12.1 Å². The molecule has 0 heterocycles. The van der Waals surface area contributed by atoms with Crippen molar-refractivity contribution in [3.63, 3.8) is 0 Å². The molecule has 0 spiro atoms. The topological polar surface area (TPSA) is 57.5 Å². The van der Waals surface area contributed by atoms with E-state index in [1.54, 1.807) is 6.07 Å². The van der Waals surface area contributed by atoms with Crippen molar-refractivity contribution in [2.45, 2.75) is 69.8 Å². The van der Waals surface area contributed by atoms with Crippen LogP contribution < -0.4 is 0 Å². The summed E-state index contributed by atoms with van der Waals surface area (Å²) in [6.07, 6.45) is 6.58. The summed E-state index contributed by atoms with van der Waals surface area (Å²) < 4.78 is 0. The van der Waals surface area contributed by atoms with Crippen LogP contribution in [-0.4, -0.2) is 21.6 Å². The molecule has 4 unspecified atom stereocenters. The Kier molecular flexibility index (Phi) is 3.35. The largest absolute Gasteiger partial charge is 0.508 e. The summed E-state index contributed by atoms with van der Waals surface area (Å²) in [6.45, 7) is 2.12. The average molecular weight is 314 g/mol. The zero-order valence-electron chi connectivity index (χ0n) is 13.8. The van der Waals surface area contributed by atoms with Crippen molar-refractivity contribution in [2.24, 2.45) is 11.3 Å². The van der Waals surface area contributed by atoms with Gasteiger partial charge in [-0.3, -0.25) is 4.79 Å². The van der Waals surface area contributed by atoms with Crippen LogP contribution in [0.2, 0.25) is 0 Å². The predicted molar refractivity (Wildman–Crippen MR) is 88.4 cm³/mol. The molecule has 2 N–H and O–H groups in total. The summed E-state index contributed by atoms with van der Waals surface area (Å²) >= 11 is 0. The van der Waals surface area contributed by atoms with Gasteiger partial charge < -0.3 is 10.2 Å². The Morgan fingerprint density at radius 1 is 1.22 bits per heavy atom. The van der Waals surface area contributed by atoms with E-state index in [2.05, 4.69) is 6.92 Å². The molecule has 0 saturated heterocycles. The number of carbonyl (C=O) groups excluding carboxylic acids is 1. The average Bonchev–Trinajstić information content (AvgIpc) is 2.80. The van der Waals surface area contributed by atoms with E-state index in [9.17, 15) is 15.0 Å². The lowest BCUT2D eigenvalue weighted by atomic mass is 9.51. The lowest BCUT2D eigenvalue weighted by Crippen LogP contribution is -2.58. The number of phenolic OH excluding ortho intramolecular Hbond substituents is 1. The molecular formula is C20H26O3. The maximum atomic E-state index is 12.7. The third-order valence-electron chi connectivity index (χ3n) is 7.00. The van der Waals surface area contributed by atoms with Gasteiger partial charge in [0.25, 0.3) is 0 Å². The van der Waals surface area contributed by atoms with Crippen molar-refractivity contribution >= 4 is 5.78 Å². The lowest BCUT2D eigenvalue weighted by molar-refractivity contribution is -0.163. The molecule has 2 fully saturated rings. The minimum atomic E-state index is -0.821. The summed E-state index contributed by atoms with van der Waals surface area (Å²) in [6, 6.07) is 5.68. The molecule has 124 valence electrons. The molecule has 0 bridgehead atoms. The quantitative estimate of drug-likeness (QED) is 0.875. The number of aryl methyl sites for hydroxylation is 1. The van der Waals surface area contributed by atoms with Gasteiger partial charge in [0.1, 0.15) is 11.5 Å². The molecule has 0 amide bonds. The van der Waals surface area contributed by atoms with Gasteiger partial charge in [0.2, 0.25) is 0 Å². The first-order chi connectivity index (χ1) is 11.0. The molecular weight excluding hydrogens is 288 g/mol. The van der Waals surface area contributed by atoms with Gasteiger partial charge in [0.05, 0.1) is 11.0 Å². The monoisotopic (exact) mass is 314 g/mol. The molecule has 3 nitrogen and oxygen atoms in total. The molecule has 4 atom stereocenters. The number of benzene rings is 1. The second-order valence-electron chi connectivity index (χ2n) is 7.85. The summed E-state index contributed by atoms with van der Waals surface area (Å²) in [5, 5.41) is 21.4. The summed E-state index contributed by atoms with van der Waals surface area (Å²) in [5.74, 6) is 1.15. The molecule has 23 heavy (non-hydrogen) atoms. The van der Waals surface area contributed by atoms with E-state index < -0.39 is 11.0 Å². The number of Topliss-reactive ketones (excluding diaryl/α,β-unsaturated/α-hetero) is 1. The van der Waals surface area contributed by atoms with Gasteiger partial charge in [-0.05, 0) is 73.6 Å². The van der Waals surface area contributed by atoms with Gasteiger partial charge in [-0.1, -0.05) is 19.4 Å². The van der Waals surface area contributed by atoms with Crippen molar-refractivity contribution in [3.8, 4) is 5.75 Å². The van der Waals surface area contributed by atoms with Gasteiger partial charge in [0, 0.05) is 6.42 Å². The number of aromatic hydroxyl groups is 1. The Bertz CT molecular complexity index is 652. The lowest BCUT2D eigenvalue weighted by Gasteiger charge is -2.55. The number of phenols is 1. The normalized spacial score (nSPS) is 38.8. The van der Waals surface area contributed by atoms with Crippen LogP contribution in [0.5, 0.6) is 5.75 Å². The van der Waals surface area contributed by atoms with Crippen LogP contribution in [0.4, 0.5) is 0 Å². The maximum absolute atomic E-state index is 12.7. The predicted octanol–water partition coefficient (Wildman–Crippen LogP) is 3.71. The van der Waals surface area contributed by atoms with Crippen molar-refractivity contribution < 1.29 is 15.0 Å². The second-order valence-corrected chi connectivity index (χ2v) is 7.85. The van der Waals surface area contributed by atoms with Gasteiger partial charge in [-0.15, -0.1) is 0 Å². The molecule has 0 aromatic heterocycles. The fourth-order valence-corrected chi connectivity index (χ4v) is 6.06. The molecule has 1 aromatic rings. The number of aliphatic hydroxyl groups is 1. The van der Waals surface area contributed by atoms with E-state index in [0.29, 0.717) is 30.3 Å². The fraction of sp³-hybridized carbons (Fsp3) is 0.650. The number of fused-ring (bicyclic) bond motifs is 5. The third kappa shape index (κ3) is 1.89. The minimum absolute atomic E-state index is 0.186. The standard InChI is InChI=1S/C20H26O3/c1-2-9-19-10-7-16-15-5-4-14(21)12-13(15)3-6-17(16)20(19,23)11-8-18(19)22/h4-5,12,16-17,21,23H,2-3,6-11H2,1H3. The molecule has 3 aliphatic rings. The van der Waals surface area contributed by atoms with E-state index in [-0.39, 0.29) is 5.92 Å². The highest BCUT2D eigenvalue weighted by atomic mass is 16.3. The first-order valence-corrected chi connectivity index (χ1v) is 9.09.